The van der Waals surface area contributed by atoms with E-state index in [0.29, 0.717) is 19.4 Å². The molecule has 3 nitrogen and oxygen atoms in total. The monoisotopic (exact) mass is 578 g/mol. The molecule has 236 valence electrons. The molecule has 42 heavy (non-hydrogen) atoms. The van der Waals surface area contributed by atoms with Crippen LogP contribution >= 0.6 is 0 Å². The Bertz CT molecular complexity index is 896. The Kier molecular flexibility index (Phi) is 20.0. The van der Waals surface area contributed by atoms with E-state index >= 15 is 0 Å². The van der Waals surface area contributed by atoms with Crippen LogP contribution < -0.4 is 0 Å². The number of benzene rings is 2. The number of esters is 1. The van der Waals surface area contributed by atoms with Gasteiger partial charge in [0.15, 0.2) is 0 Å². The van der Waals surface area contributed by atoms with Crippen LogP contribution in [0.1, 0.15) is 160 Å². The Morgan fingerprint density at radius 1 is 0.643 bits per heavy atom. The van der Waals surface area contributed by atoms with Gasteiger partial charge in [0.2, 0.25) is 0 Å². The molecular formula is C39H62O3. The first-order valence-corrected chi connectivity index (χ1v) is 17.5. The molecule has 0 fully saturated rings. The number of carbonyl (C=O) groups excluding carboxylic acids is 1. The minimum absolute atomic E-state index is 0.0777. The van der Waals surface area contributed by atoms with Crippen molar-refractivity contribution in [2.75, 3.05) is 0 Å². The van der Waals surface area contributed by atoms with Gasteiger partial charge >= 0.3 is 5.97 Å². The van der Waals surface area contributed by atoms with Gasteiger partial charge in [-0.25, -0.2) is 0 Å². The molecular weight excluding hydrogens is 516 g/mol. The lowest BCUT2D eigenvalue weighted by molar-refractivity contribution is -0.161. The highest BCUT2D eigenvalue weighted by molar-refractivity contribution is 5.70. The van der Waals surface area contributed by atoms with Crippen LogP contribution in [0.15, 0.2) is 60.7 Å². The van der Waals surface area contributed by atoms with Gasteiger partial charge in [-0.2, -0.15) is 0 Å². The summed E-state index contributed by atoms with van der Waals surface area (Å²) in [5.41, 5.74) is 1.69. The Hall–Kier alpha value is -2.13. The second kappa shape index (κ2) is 23.3. The van der Waals surface area contributed by atoms with Crippen molar-refractivity contribution >= 4 is 5.97 Å². The van der Waals surface area contributed by atoms with Crippen molar-refractivity contribution in [2.24, 2.45) is 0 Å². The number of hydrogen-bond donors (Lipinski definition) is 0. The lowest BCUT2D eigenvalue weighted by Gasteiger charge is -2.31. The average molecular weight is 579 g/mol. The molecule has 2 rings (SSSR count). The topological polar surface area (TPSA) is 35.5 Å². The number of carbonyl (C=O) groups is 1. The SMILES string of the molecule is CCCCCCCCCCCCCCC(C)(OC(=O)CCC(CCCCCC)OCc1ccccc1)c1ccccc1. The zero-order valence-corrected chi connectivity index (χ0v) is 27.4. The summed E-state index contributed by atoms with van der Waals surface area (Å²) >= 11 is 0. The van der Waals surface area contributed by atoms with Crippen molar-refractivity contribution < 1.29 is 14.3 Å². The minimum atomic E-state index is -0.585. The van der Waals surface area contributed by atoms with Crippen LogP contribution in [-0.4, -0.2) is 12.1 Å². The van der Waals surface area contributed by atoms with E-state index in [1.54, 1.807) is 0 Å². The van der Waals surface area contributed by atoms with Gasteiger partial charge in [-0.1, -0.05) is 171 Å². The van der Waals surface area contributed by atoms with Gasteiger partial charge in [0.05, 0.1) is 12.7 Å². The second-order valence-electron chi connectivity index (χ2n) is 12.5. The van der Waals surface area contributed by atoms with Gasteiger partial charge in [-0.15, -0.1) is 0 Å². The van der Waals surface area contributed by atoms with E-state index in [-0.39, 0.29) is 12.1 Å². The van der Waals surface area contributed by atoms with Crippen molar-refractivity contribution in [3.05, 3.63) is 71.8 Å². The van der Waals surface area contributed by atoms with Crippen molar-refractivity contribution in [3.63, 3.8) is 0 Å². The number of unbranched alkanes of at least 4 members (excludes halogenated alkanes) is 14. The maximum atomic E-state index is 13.2. The third-order valence-corrected chi connectivity index (χ3v) is 8.61. The molecule has 0 aliphatic heterocycles. The van der Waals surface area contributed by atoms with Crippen molar-refractivity contribution in [3.8, 4) is 0 Å². The standard InChI is InChI=1S/C39H62O3/c1-4-6-8-10-11-12-13-14-15-16-17-25-33-39(3,36-28-22-19-23-29-36)42-38(40)32-31-37(30-24-9-7-5-2)41-34-35-26-20-18-21-27-35/h18-23,26-29,37H,4-17,24-25,30-34H2,1-3H3. The summed E-state index contributed by atoms with van der Waals surface area (Å²) in [5, 5.41) is 0. The van der Waals surface area contributed by atoms with E-state index in [1.807, 2.05) is 36.4 Å². The quantitative estimate of drug-likeness (QED) is 0.0822. The van der Waals surface area contributed by atoms with Crippen LogP contribution in [0.4, 0.5) is 0 Å². The van der Waals surface area contributed by atoms with E-state index < -0.39 is 5.60 Å². The molecule has 0 aliphatic carbocycles. The first kappa shape index (κ1) is 36.1. The highest BCUT2D eigenvalue weighted by atomic mass is 16.6. The predicted molar refractivity (Wildman–Crippen MR) is 179 cm³/mol. The third-order valence-electron chi connectivity index (χ3n) is 8.61. The molecule has 0 saturated heterocycles. The Labute approximate surface area is 259 Å². The first-order chi connectivity index (χ1) is 20.6. The zero-order chi connectivity index (χ0) is 30.1. The molecule has 0 bridgehead atoms. The molecule has 0 aliphatic rings. The highest BCUT2D eigenvalue weighted by Crippen LogP contribution is 2.32. The minimum Gasteiger partial charge on any atom is -0.454 e. The molecule has 2 aromatic carbocycles. The van der Waals surface area contributed by atoms with Crippen LogP contribution in [0.3, 0.4) is 0 Å². The first-order valence-electron chi connectivity index (χ1n) is 17.5. The molecule has 0 spiro atoms. The summed E-state index contributed by atoms with van der Waals surface area (Å²) in [6.45, 7) is 7.21. The van der Waals surface area contributed by atoms with Gasteiger partial charge in [0, 0.05) is 6.42 Å². The van der Waals surface area contributed by atoms with E-state index in [1.165, 1.54) is 95.5 Å². The number of hydrogen-bond acceptors (Lipinski definition) is 3. The number of rotatable bonds is 26. The smallest absolute Gasteiger partial charge is 0.306 e. The van der Waals surface area contributed by atoms with Crippen LogP contribution in [0.5, 0.6) is 0 Å². The van der Waals surface area contributed by atoms with Gasteiger partial charge in [0.25, 0.3) is 0 Å². The Balaban J connectivity index is 1.79. The molecule has 0 amide bonds. The van der Waals surface area contributed by atoms with E-state index in [4.69, 9.17) is 9.47 Å². The fourth-order valence-corrected chi connectivity index (χ4v) is 5.83. The molecule has 0 aromatic heterocycles. The maximum absolute atomic E-state index is 13.2. The normalized spacial score (nSPS) is 13.5. The van der Waals surface area contributed by atoms with Gasteiger partial charge in [-0.3, -0.25) is 4.79 Å². The van der Waals surface area contributed by atoms with Crippen LogP contribution in [0.25, 0.3) is 0 Å². The highest BCUT2D eigenvalue weighted by Gasteiger charge is 2.30. The summed E-state index contributed by atoms with van der Waals surface area (Å²) in [7, 11) is 0. The van der Waals surface area contributed by atoms with Crippen molar-refractivity contribution in [2.45, 2.75) is 167 Å². The number of ether oxygens (including phenoxy) is 2. The fourth-order valence-electron chi connectivity index (χ4n) is 5.83. The largest absolute Gasteiger partial charge is 0.454 e. The molecule has 2 atom stereocenters. The molecule has 0 radical (unpaired) electrons. The Morgan fingerprint density at radius 3 is 1.71 bits per heavy atom. The maximum Gasteiger partial charge on any atom is 0.306 e. The molecule has 0 saturated carbocycles. The molecule has 0 heterocycles. The summed E-state index contributed by atoms with van der Waals surface area (Å²) in [4.78, 5) is 13.2. The van der Waals surface area contributed by atoms with Gasteiger partial charge < -0.3 is 9.47 Å². The summed E-state index contributed by atoms with van der Waals surface area (Å²) in [6.07, 6.45) is 23.8. The molecule has 0 N–H and O–H groups in total. The van der Waals surface area contributed by atoms with Gasteiger partial charge in [-0.05, 0) is 43.7 Å². The van der Waals surface area contributed by atoms with Gasteiger partial charge in [0.1, 0.15) is 5.60 Å². The zero-order valence-electron chi connectivity index (χ0n) is 27.4. The third kappa shape index (κ3) is 16.5. The van der Waals surface area contributed by atoms with E-state index in [2.05, 4.69) is 45.0 Å². The summed E-state index contributed by atoms with van der Waals surface area (Å²) < 4.78 is 12.6. The molecule has 2 aromatic rings. The van der Waals surface area contributed by atoms with E-state index in [0.717, 1.165) is 31.2 Å². The van der Waals surface area contributed by atoms with Crippen LogP contribution in [0.2, 0.25) is 0 Å². The average Bonchev–Trinajstić information content (AvgIpc) is 3.01. The molecule has 3 heteroatoms. The van der Waals surface area contributed by atoms with E-state index in [9.17, 15) is 4.79 Å². The predicted octanol–water partition coefficient (Wildman–Crippen LogP) is 11.9. The van der Waals surface area contributed by atoms with Crippen molar-refractivity contribution in [1.82, 2.24) is 0 Å². The van der Waals surface area contributed by atoms with Crippen LogP contribution in [0, 0.1) is 0 Å². The lowest BCUT2D eigenvalue weighted by Crippen LogP contribution is -2.30. The fraction of sp³-hybridized carbons (Fsp3) is 0.667. The lowest BCUT2D eigenvalue weighted by atomic mass is 9.89. The second-order valence-corrected chi connectivity index (χ2v) is 12.5. The summed E-state index contributed by atoms with van der Waals surface area (Å²) in [5.74, 6) is -0.109. The van der Waals surface area contributed by atoms with Crippen molar-refractivity contribution in [1.29, 1.82) is 0 Å². The molecule has 2 unspecified atom stereocenters. The summed E-state index contributed by atoms with van der Waals surface area (Å²) in [6, 6.07) is 20.7. The van der Waals surface area contributed by atoms with Crippen LogP contribution in [-0.2, 0) is 26.5 Å². The Morgan fingerprint density at radius 2 is 1.14 bits per heavy atom.